The summed E-state index contributed by atoms with van der Waals surface area (Å²) in [6, 6.07) is 24.9. The molecule has 0 fully saturated rings. The maximum absolute atomic E-state index is 5.12. The van der Waals surface area contributed by atoms with Crippen LogP contribution in [0.25, 0.3) is 33.8 Å². The molecule has 0 radical (unpaired) electrons. The van der Waals surface area contributed by atoms with Crippen molar-refractivity contribution in [2.75, 3.05) is 0 Å². The first-order valence-electron chi connectivity index (χ1n) is 13.1. The molecule has 3 aromatic carbocycles. The van der Waals surface area contributed by atoms with E-state index in [1.807, 2.05) is 13.8 Å². The highest BCUT2D eigenvalue weighted by atomic mass is 79.9. The topological polar surface area (TPSA) is 53.5 Å². The van der Waals surface area contributed by atoms with Crippen LogP contribution in [0.15, 0.2) is 100 Å². The van der Waals surface area contributed by atoms with Gasteiger partial charge in [0.1, 0.15) is 30.9 Å². The summed E-state index contributed by atoms with van der Waals surface area (Å²) in [7, 11) is -0.667. The lowest BCUT2D eigenvalue weighted by Crippen LogP contribution is -2.44. The third kappa shape index (κ3) is 5.85. The Bertz CT molecular complexity index is 1730. The van der Waals surface area contributed by atoms with Crippen LogP contribution >= 0.6 is 95.6 Å². The zero-order chi connectivity index (χ0) is 30.6. The molecule has 6 nitrogen and oxygen atoms in total. The van der Waals surface area contributed by atoms with Gasteiger partial charge >= 0.3 is 7.12 Å². The van der Waals surface area contributed by atoms with Gasteiger partial charge in [-0.15, -0.1) is 0 Å². The van der Waals surface area contributed by atoms with Gasteiger partial charge < -0.3 is 0 Å². The molecule has 0 atom stereocenters. The van der Waals surface area contributed by atoms with Crippen LogP contribution in [0.3, 0.4) is 0 Å². The van der Waals surface area contributed by atoms with Crippen molar-refractivity contribution in [3.63, 3.8) is 0 Å². The number of rotatable bonds is 6. The molecule has 0 spiro atoms. The van der Waals surface area contributed by atoms with Gasteiger partial charge in [0, 0.05) is 16.7 Å². The lowest BCUT2D eigenvalue weighted by atomic mass is 9.96. The van der Waals surface area contributed by atoms with E-state index in [1.165, 1.54) is 16.7 Å². The Morgan fingerprint density at radius 2 is 0.651 bits per heavy atom. The van der Waals surface area contributed by atoms with Crippen molar-refractivity contribution in [1.29, 1.82) is 0 Å². The summed E-state index contributed by atoms with van der Waals surface area (Å²) in [5.74, 6) is 0. The molecule has 0 saturated heterocycles. The van der Waals surface area contributed by atoms with Gasteiger partial charge in [-0.3, -0.25) is 13.8 Å². The SMILES string of the molecule is Cc1ccc(-c2nn(B(n3nc(-c4ccc(C)cc4)c(Br)c3Br)n3nc(-c4ccc(C)cc4)c(Br)c3Br)c(Br)c2Br)cc1. The van der Waals surface area contributed by atoms with E-state index < -0.39 is 7.12 Å². The second-order valence-electron chi connectivity index (χ2n) is 10.1. The standard InChI is InChI=1S/C30H21BBr6N6/c1-16-4-10-19(11-5-16)25-22(32)28(35)41(38-25)31(42-29(36)23(33)26(39-42)20-12-6-17(2)7-13-20)43-30(37)24(34)27(40-43)21-14-8-18(3)9-15-21/h4-15H,1-3H3. The molecule has 216 valence electrons. The third-order valence-corrected chi connectivity index (χ3v) is 13.2. The van der Waals surface area contributed by atoms with Crippen LogP contribution in [0, 0.1) is 20.8 Å². The first-order valence-corrected chi connectivity index (χ1v) is 17.8. The second kappa shape index (κ2) is 12.6. The average Bonchev–Trinajstić information content (AvgIpc) is 3.57. The predicted molar refractivity (Wildman–Crippen MR) is 195 cm³/mol. The summed E-state index contributed by atoms with van der Waals surface area (Å²) < 4.78 is 10.3. The Hall–Kier alpha value is -1.77. The molecule has 0 aliphatic carbocycles. The summed E-state index contributed by atoms with van der Waals surface area (Å²) in [5.41, 5.74) is 8.86. The van der Waals surface area contributed by atoms with E-state index >= 15 is 0 Å². The van der Waals surface area contributed by atoms with Crippen molar-refractivity contribution in [2.24, 2.45) is 0 Å². The van der Waals surface area contributed by atoms with Crippen LogP contribution < -0.4 is 0 Å². The maximum atomic E-state index is 5.12. The third-order valence-electron chi connectivity index (χ3n) is 7.02. The summed E-state index contributed by atoms with van der Waals surface area (Å²) in [6.45, 7) is 6.21. The van der Waals surface area contributed by atoms with Crippen molar-refractivity contribution in [3.05, 3.63) is 117 Å². The molecule has 13 heteroatoms. The zero-order valence-electron chi connectivity index (χ0n) is 23.0. The molecular weight excluding hydrogens is 935 g/mol. The van der Waals surface area contributed by atoms with Gasteiger partial charge in [0.2, 0.25) is 0 Å². The minimum absolute atomic E-state index is 0.667. The molecule has 0 amide bonds. The lowest BCUT2D eigenvalue weighted by molar-refractivity contribution is 0.753. The van der Waals surface area contributed by atoms with Crippen LogP contribution in [0.4, 0.5) is 0 Å². The van der Waals surface area contributed by atoms with Gasteiger partial charge in [-0.1, -0.05) is 89.5 Å². The molecule has 3 aromatic heterocycles. The van der Waals surface area contributed by atoms with Crippen LogP contribution in [-0.4, -0.2) is 36.2 Å². The Balaban J connectivity index is 1.59. The summed E-state index contributed by atoms with van der Waals surface area (Å²) in [6.07, 6.45) is 0. The normalized spacial score (nSPS) is 11.4. The van der Waals surface area contributed by atoms with Gasteiger partial charge in [0.05, 0.1) is 13.4 Å². The van der Waals surface area contributed by atoms with E-state index in [2.05, 4.69) is 189 Å². The van der Waals surface area contributed by atoms with E-state index in [-0.39, 0.29) is 0 Å². The molecule has 3 heterocycles. The van der Waals surface area contributed by atoms with E-state index in [4.69, 9.17) is 15.3 Å². The van der Waals surface area contributed by atoms with Crippen molar-refractivity contribution >= 4 is 103 Å². The summed E-state index contributed by atoms with van der Waals surface area (Å²) in [4.78, 5) is 0. The van der Waals surface area contributed by atoms with Crippen molar-refractivity contribution in [1.82, 2.24) is 29.1 Å². The van der Waals surface area contributed by atoms with Crippen LogP contribution in [0.5, 0.6) is 0 Å². The predicted octanol–water partition coefficient (Wildman–Crippen LogP) is 10.7. The van der Waals surface area contributed by atoms with Gasteiger partial charge in [-0.2, -0.15) is 15.3 Å². The lowest BCUT2D eigenvalue weighted by Gasteiger charge is -2.17. The van der Waals surface area contributed by atoms with Crippen LogP contribution in [-0.2, 0) is 0 Å². The first-order chi connectivity index (χ1) is 20.5. The largest absolute Gasteiger partial charge is 0.571 e. The monoisotopic (exact) mass is 950 g/mol. The number of benzene rings is 3. The minimum Gasteiger partial charge on any atom is -0.253 e. The summed E-state index contributed by atoms with van der Waals surface area (Å²) >= 11 is 22.9. The van der Waals surface area contributed by atoms with E-state index in [9.17, 15) is 0 Å². The molecule has 0 aliphatic heterocycles. The number of aromatic nitrogens is 6. The molecule has 0 unspecified atom stereocenters. The number of hydrogen-bond acceptors (Lipinski definition) is 3. The Morgan fingerprint density at radius 1 is 0.419 bits per heavy atom. The van der Waals surface area contributed by atoms with Gasteiger partial charge in [-0.25, -0.2) is 0 Å². The fourth-order valence-corrected chi connectivity index (χ4v) is 7.46. The summed E-state index contributed by atoms with van der Waals surface area (Å²) in [5, 5.41) is 15.4. The average molecular weight is 956 g/mol. The number of aryl methyl sites for hydroxylation is 3. The molecule has 0 N–H and O–H groups in total. The molecular formula is C30H21BBr6N6. The van der Waals surface area contributed by atoms with Crippen LogP contribution in [0.2, 0.25) is 0 Å². The fraction of sp³-hybridized carbons (Fsp3) is 0.100. The molecule has 43 heavy (non-hydrogen) atoms. The Labute approximate surface area is 300 Å². The van der Waals surface area contributed by atoms with Gasteiger partial charge in [-0.05, 0) is 116 Å². The number of nitrogens with zero attached hydrogens (tertiary/aromatic N) is 6. The molecule has 6 rings (SSSR count). The Kier molecular flexibility index (Phi) is 9.12. The first kappa shape index (κ1) is 31.2. The number of halogens is 6. The van der Waals surface area contributed by atoms with Gasteiger partial charge in [0.15, 0.2) is 0 Å². The molecule has 0 saturated carbocycles. The van der Waals surface area contributed by atoms with E-state index in [0.717, 1.165) is 61.0 Å². The highest BCUT2D eigenvalue weighted by Crippen LogP contribution is 2.40. The quantitative estimate of drug-likeness (QED) is 0.156. The van der Waals surface area contributed by atoms with Crippen molar-refractivity contribution in [3.8, 4) is 33.8 Å². The second-order valence-corrected chi connectivity index (χ2v) is 14.8. The highest BCUT2D eigenvalue weighted by Gasteiger charge is 2.38. The van der Waals surface area contributed by atoms with E-state index in [1.54, 1.807) is 0 Å². The van der Waals surface area contributed by atoms with E-state index in [0.29, 0.717) is 0 Å². The highest BCUT2D eigenvalue weighted by molar-refractivity contribution is 9.13. The Morgan fingerprint density at radius 3 is 0.884 bits per heavy atom. The van der Waals surface area contributed by atoms with Crippen molar-refractivity contribution in [2.45, 2.75) is 20.8 Å². The molecule has 0 bridgehead atoms. The maximum Gasteiger partial charge on any atom is 0.571 e. The smallest absolute Gasteiger partial charge is 0.253 e. The fourth-order valence-electron chi connectivity index (χ4n) is 4.64. The van der Waals surface area contributed by atoms with Gasteiger partial charge in [0.25, 0.3) is 0 Å². The zero-order valence-corrected chi connectivity index (χ0v) is 32.5. The number of hydrogen-bond donors (Lipinski definition) is 0. The van der Waals surface area contributed by atoms with Crippen molar-refractivity contribution < 1.29 is 0 Å². The minimum atomic E-state index is -0.667. The molecule has 0 aliphatic rings. The molecule has 6 aromatic rings. The van der Waals surface area contributed by atoms with Crippen LogP contribution in [0.1, 0.15) is 16.7 Å².